The lowest BCUT2D eigenvalue weighted by Gasteiger charge is -2.12. The molecule has 2 N–H and O–H groups in total. The van der Waals surface area contributed by atoms with Crippen molar-refractivity contribution < 1.29 is 9.59 Å². The van der Waals surface area contributed by atoms with Crippen molar-refractivity contribution >= 4 is 28.3 Å². The average Bonchev–Trinajstić information content (AvgIpc) is 3.18. The first-order valence-electron chi connectivity index (χ1n) is 11.0. The molecule has 1 saturated carbocycles. The van der Waals surface area contributed by atoms with Crippen LogP contribution in [0.4, 0.5) is 5.13 Å². The zero-order chi connectivity index (χ0) is 22.6. The van der Waals surface area contributed by atoms with Gasteiger partial charge in [-0.1, -0.05) is 49.3 Å². The van der Waals surface area contributed by atoms with E-state index in [1.54, 1.807) is 6.07 Å². The van der Waals surface area contributed by atoms with Crippen molar-refractivity contribution in [2.75, 3.05) is 11.9 Å². The number of allylic oxidation sites excluding steroid dienone is 2. The number of benzene rings is 1. The number of anilines is 1. The highest BCUT2D eigenvalue weighted by Crippen LogP contribution is 2.45. The molecule has 32 heavy (non-hydrogen) atoms. The van der Waals surface area contributed by atoms with E-state index in [1.807, 2.05) is 42.9 Å². The van der Waals surface area contributed by atoms with Crippen LogP contribution in [-0.2, 0) is 10.3 Å². The largest absolute Gasteiger partial charge is 0.344 e. The summed E-state index contributed by atoms with van der Waals surface area (Å²) in [6.45, 7) is 4.09. The zero-order valence-corrected chi connectivity index (χ0v) is 19.2. The number of nitrogens with one attached hydrogen (secondary N) is 2. The number of aromatic nitrogens is 2. The van der Waals surface area contributed by atoms with Crippen molar-refractivity contribution in [2.24, 2.45) is 0 Å². The Labute approximate surface area is 192 Å². The average molecular weight is 449 g/mol. The first-order valence-corrected chi connectivity index (χ1v) is 11.8. The van der Waals surface area contributed by atoms with Gasteiger partial charge < -0.3 is 15.2 Å². The van der Waals surface area contributed by atoms with E-state index in [2.05, 4.69) is 45.3 Å². The van der Waals surface area contributed by atoms with Gasteiger partial charge in [-0.2, -0.15) is 0 Å². The molecular weight excluding hydrogens is 420 g/mol. The van der Waals surface area contributed by atoms with Crippen LogP contribution in [0, 0.1) is 6.92 Å². The van der Waals surface area contributed by atoms with Crippen molar-refractivity contribution in [3.63, 3.8) is 0 Å². The van der Waals surface area contributed by atoms with Gasteiger partial charge in [0.05, 0.1) is 23.3 Å². The number of unbranched alkanes of at least 4 members (excludes halogenated alkanes) is 1. The van der Waals surface area contributed by atoms with Gasteiger partial charge in [-0.3, -0.25) is 9.59 Å². The number of aryl methyl sites for hydroxylation is 1. The summed E-state index contributed by atoms with van der Waals surface area (Å²) < 4.78 is 2.11. The van der Waals surface area contributed by atoms with E-state index < -0.39 is 0 Å². The van der Waals surface area contributed by atoms with Crippen LogP contribution in [0.1, 0.15) is 48.5 Å². The molecule has 0 bridgehead atoms. The predicted molar refractivity (Wildman–Crippen MR) is 129 cm³/mol. The van der Waals surface area contributed by atoms with Gasteiger partial charge in [0.2, 0.25) is 5.91 Å². The van der Waals surface area contributed by atoms with E-state index in [-0.39, 0.29) is 23.9 Å². The van der Waals surface area contributed by atoms with E-state index in [9.17, 15) is 9.59 Å². The first-order chi connectivity index (χ1) is 15.5. The molecular formula is C25H28N4O2S. The van der Waals surface area contributed by atoms with Crippen molar-refractivity contribution in [1.82, 2.24) is 14.9 Å². The highest BCUT2D eigenvalue weighted by Gasteiger charge is 2.41. The Morgan fingerprint density at radius 2 is 2.12 bits per heavy atom. The summed E-state index contributed by atoms with van der Waals surface area (Å²) in [7, 11) is 0. The predicted octanol–water partition coefficient (Wildman–Crippen LogP) is 5.13. The summed E-state index contributed by atoms with van der Waals surface area (Å²) >= 11 is 1.36. The number of hydrogen-bond acceptors (Lipinski definition) is 4. The van der Waals surface area contributed by atoms with Crippen molar-refractivity contribution in [1.29, 1.82) is 0 Å². The second-order valence-corrected chi connectivity index (χ2v) is 9.10. The van der Waals surface area contributed by atoms with E-state index in [4.69, 9.17) is 0 Å². The normalized spacial score (nSPS) is 14.4. The number of carbonyl (C=O) groups is 2. The van der Waals surface area contributed by atoms with Crippen LogP contribution in [-0.4, -0.2) is 27.9 Å². The highest BCUT2D eigenvalue weighted by molar-refractivity contribution is 7.14. The number of thiazole rings is 1. The van der Waals surface area contributed by atoms with Crippen LogP contribution in [0.25, 0.3) is 11.3 Å². The second kappa shape index (κ2) is 9.53. The quantitative estimate of drug-likeness (QED) is 0.445. The SMILES string of the molecule is CCCC=CC1(n2ccc(C(=O)NCC(=O)Nc3nc(-c4cccc(C)c4)cs3)c2)CC1. The Morgan fingerprint density at radius 3 is 2.88 bits per heavy atom. The van der Waals surface area contributed by atoms with E-state index >= 15 is 0 Å². The van der Waals surface area contributed by atoms with Crippen LogP contribution >= 0.6 is 11.3 Å². The zero-order valence-electron chi connectivity index (χ0n) is 18.4. The summed E-state index contributed by atoms with van der Waals surface area (Å²) in [4.78, 5) is 29.3. The highest BCUT2D eigenvalue weighted by atomic mass is 32.1. The lowest BCUT2D eigenvalue weighted by molar-refractivity contribution is -0.115. The number of nitrogens with zero attached hydrogens (tertiary/aromatic N) is 2. The third-order valence-electron chi connectivity index (χ3n) is 5.59. The monoisotopic (exact) mass is 448 g/mol. The molecule has 2 heterocycles. The van der Waals surface area contributed by atoms with E-state index in [0.717, 1.165) is 42.5 Å². The van der Waals surface area contributed by atoms with E-state index in [0.29, 0.717) is 10.7 Å². The third-order valence-corrected chi connectivity index (χ3v) is 6.35. The number of carbonyl (C=O) groups excluding carboxylic acids is 2. The Balaban J connectivity index is 1.29. The van der Waals surface area contributed by atoms with E-state index in [1.165, 1.54) is 11.3 Å². The summed E-state index contributed by atoms with van der Waals surface area (Å²) in [6.07, 6.45) is 12.7. The molecule has 0 atom stereocenters. The molecule has 0 saturated heterocycles. The van der Waals surface area contributed by atoms with Gasteiger partial charge in [-0.05, 0) is 38.3 Å². The fourth-order valence-electron chi connectivity index (χ4n) is 3.61. The molecule has 166 valence electrons. The summed E-state index contributed by atoms with van der Waals surface area (Å²) in [5.41, 5.74) is 3.57. The minimum absolute atomic E-state index is 0.0188. The minimum Gasteiger partial charge on any atom is -0.344 e. The second-order valence-electron chi connectivity index (χ2n) is 8.24. The molecule has 7 heteroatoms. The molecule has 0 radical (unpaired) electrons. The molecule has 0 spiro atoms. The third kappa shape index (κ3) is 5.16. The Kier molecular flexibility index (Phi) is 6.55. The Hall–Kier alpha value is -3.19. The maximum absolute atomic E-state index is 12.5. The van der Waals surface area contributed by atoms with Gasteiger partial charge in [0.15, 0.2) is 5.13 Å². The van der Waals surface area contributed by atoms with Crippen LogP contribution in [0.5, 0.6) is 0 Å². The summed E-state index contributed by atoms with van der Waals surface area (Å²) in [5, 5.41) is 7.88. The van der Waals surface area contributed by atoms with Crippen LogP contribution in [0.2, 0.25) is 0 Å². The first kappa shape index (κ1) is 22.0. The fourth-order valence-corrected chi connectivity index (χ4v) is 4.35. The number of amides is 2. The standard InChI is InChI=1S/C25H28N4O2S/c1-3-4-5-10-25(11-12-25)29-13-9-20(16-29)23(31)26-15-22(30)28-24-27-21(17-32-24)19-8-6-7-18(2)14-19/h5-10,13-14,16-17H,3-4,11-12,15H2,1-2H3,(H,26,31)(H,27,28,30). The summed E-state index contributed by atoms with van der Waals surface area (Å²) in [5.74, 6) is -0.559. The van der Waals surface area contributed by atoms with Crippen molar-refractivity contribution in [2.45, 2.75) is 45.1 Å². The summed E-state index contributed by atoms with van der Waals surface area (Å²) in [6, 6.07) is 9.86. The number of rotatable bonds is 9. The van der Waals surface area contributed by atoms with Gasteiger partial charge in [0.1, 0.15) is 0 Å². The Bertz CT molecular complexity index is 1140. The Morgan fingerprint density at radius 1 is 1.28 bits per heavy atom. The lowest BCUT2D eigenvalue weighted by Crippen LogP contribution is -2.32. The molecule has 4 rings (SSSR count). The molecule has 2 aromatic heterocycles. The number of hydrogen-bond donors (Lipinski definition) is 2. The molecule has 1 aliphatic carbocycles. The van der Waals surface area contributed by atoms with Crippen molar-refractivity contribution in [3.05, 3.63) is 71.4 Å². The van der Waals surface area contributed by atoms with Gasteiger partial charge in [-0.15, -0.1) is 11.3 Å². The van der Waals surface area contributed by atoms with Gasteiger partial charge in [0.25, 0.3) is 5.91 Å². The minimum atomic E-state index is -0.302. The van der Waals surface area contributed by atoms with Gasteiger partial charge in [-0.25, -0.2) is 4.98 Å². The molecule has 6 nitrogen and oxygen atoms in total. The fraction of sp³-hybridized carbons (Fsp3) is 0.320. The molecule has 0 unspecified atom stereocenters. The topological polar surface area (TPSA) is 76.0 Å². The maximum Gasteiger partial charge on any atom is 0.253 e. The van der Waals surface area contributed by atoms with Gasteiger partial charge >= 0.3 is 0 Å². The van der Waals surface area contributed by atoms with Gasteiger partial charge in [0, 0.05) is 23.3 Å². The van der Waals surface area contributed by atoms with Crippen LogP contribution in [0.15, 0.2) is 60.3 Å². The smallest absolute Gasteiger partial charge is 0.253 e. The lowest BCUT2D eigenvalue weighted by atomic mass is 10.1. The maximum atomic E-state index is 12.5. The molecule has 1 aromatic carbocycles. The molecule has 1 aliphatic rings. The van der Waals surface area contributed by atoms with Crippen LogP contribution < -0.4 is 10.6 Å². The molecule has 1 fully saturated rings. The molecule has 2 amide bonds. The molecule has 0 aliphatic heterocycles. The molecule has 3 aromatic rings. The van der Waals surface area contributed by atoms with Crippen molar-refractivity contribution in [3.8, 4) is 11.3 Å². The van der Waals surface area contributed by atoms with Crippen LogP contribution in [0.3, 0.4) is 0 Å².